The molecule has 172 valence electrons. The van der Waals surface area contributed by atoms with Crippen LogP contribution >= 0.6 is 0 Å². The molecule has 2 aromatic heterocycles. The van der Waals surface area contributed by atoms with Crippen molar-refractivity contribution in [1.29, 1.82) is 0 Å². The molecule has 0 saturated heterocycles. The molecule has 0 spiro atoms. The summed E-state index contributed by atoms with van der Waals surface area (Å²) in [7, 11) is 1.62. The molecule has 34 heavy (non-hydrogen) atoms. The lowest BCUT2D eigenvalue weighted by molar-refractivity contribution is 0.199. The second kappa shape index (κ2) is 8.90. The molecule has 0 aliphatic carbocycles. The molecule has 0 bridgehead atoms. The van der Waals surface area contributed by atoms with Crippen LogP contribution in [0.5, 0.6) is 5.75 Å². The number of furan rings is 1. The molecule has 1 atom stereocenters. The molecule has 1 aliphatic rings. The minimum Gasteiger partial charge on any atom is -0.497 e. The lowest BCUT2D eigenvalue weighted by Gasteiger charge is -2.34. The summed E-state index contributed by atoms with van der Waals surface area (Å²) in [6.07, 6.45) is 1.59. The molecule has 0 fully saturated rings. The zero-order valence-corrected chi connectivity index (χ0v) is 19.1. The number of hydrogen-bond donors (Lipinski definition) is 1. The van der Waals surface area contributed by atoms with Crippen LogP contribution in [0.1, 0.15) is 35.7 Å². The average molecular weight is 457 g/mol. The van der Waals surface area contributed by atoms with Gasteiger partial charge in [0.25, 0.3) is 5.89 Å². The van der Waals surface area contributed by atoms with Gasteiger partial charge in [-0.25, -0.2) is 4.79 Å². The highest BCUT2D eigenvalue weighted by atomic mass is 16.5. The molecular formula is C26H24N4O4. The van der Waals surface area contributed by atoms with E-state index in [9.17, 15) is 4.79 Å². The fraction of sp³-hybridized carbons (Fsp3) is 0.192. The van der Waals surface area contributed by atoms with Crippen molar-refractivity contribution in [2.75, 3.05) is 7.11 Å². The van der Waals surface area contributed by atoms with Crippen LogP contribution in [0, 0.1) is 6.92 Å². The maximum Gasteiger partial charge on any atom is 0.322 e. The Morgan fingerprint density at radius 1 is 1.06 bits per heavy atom. The first-order chi connectivity index (χ1) is 16.5. The third kappa shape index (κ3) is 4.05. The minimum absolute atomic E-state index is 0.224. The molecule has 3 heterocycles. The lowest BCUT2D eigenvalue weighted by atomic mass is 9.94. The summed E-state index contributed by atoms with van der Waals surface area (Å²) in [5, 5.41) is 7.30. The first-order valence-electron chi connectivity index (χ1n) is 10.9. The molecule has 2 amide bonds. The quantitative estimate of drug-likeness (QED) is 0.421. The van der Waals surface area contributed by atoms with Crippen molar-refractivity contribution in [1.82, 2.24) is 20.4 Å². The van der Waals surface area contributed by atoms with Crippen molar-refractivity contribution in [3.63, 3.8) is 0 Å². The first kappa shape index (κ1) is 21.5. The molecule has 5 rings (SSSR count). The number of allylic oxidation sites excluding steroid dienone is 1. The van der Waals surface area contributed by atoms with E-state index in [-0.39, 0.29) is 12.6 Å². The molecular weight excluding hydrogens is 432 g/mol. The fourth-order valence-electron chi connectivity index (χ4n) is 4.01. The minimum atomic E-state index is -0.440. The van der Waals surface area contributed by atoms with E-state index in [1.807, 2.05) is 68.4 Å². The largest absolute Gasteiger partial charge is 0.497 e. The third-order valence-corrected chi connectivity index (χ3v) is 5.91. The number of aryl methyl sites for hydroxylation is 1. The predicted molar refractivity (Wildman–Crippen MR) is 126 cm³/mol. The van der Waals surface area contributed by atoms with Crippen molar-refractivity contribution < 1.29 is 18.5 Å². The van der Waals surface area contributed by atoms with Crippen LogP contribution in [0.4, 0.5) is 4.79 Å². The molecule has 0 radical (unpaired) electrons. The lowest BCUT2D eigenvalue weighted by Crippen LogP contribution is -2.45. The van der Waals surface area contributed by atoms with E-state index in [0.717, 1.165) is 33.7 Å². The number of nitrogens with one attached hydrogen (secondary N) is 1. The van der Waals surface area contributed by atoms with Gasteiger partial charge in [-0.2, -0.15) is 4.98 Å². The molecule has 8 heteroatoms. The van der Waals surface area contributed by atoms with Crippen LogP contribution in [0.3, 0.4) is 0 Å². The number of amides is 2. The number of methoxy groups -OCH3 is 1. The highest BCUT2D eigenvalue weighted by molar-refractivity contribution is 5.86. The Morgan fingerprint density at radius 2 is 1.82 bits per heavy atom. The van der Waals surface area contributed by atoms with E-state index in [0.29, 0.717) is 17.5 Å². The predicted octanol–water partition coefficient (Wildman–Crippen LogP) is 5.34. The molecule has 2 aromatic carbocycles. The monoisotopic (exact) mass is 456 g/mol. The van der Waals surface area contributed by atoms with Gasteiger partial charge in [-0.05, 0) is 55.8 Å². The summed E-state index contributed by atoms with van der Waals surface area (Å²) in [5.74, 6) is 2.22. The van der Waals surface area contributed by atoms with Gasteiger partial charge in [0.15, 0.2) is 0 Å². The van der Waals surface area contributed by atoms with E-state index in [1.54, 1.807) is 24.3 Å². The smallest absolute Gasteiger partial charge is 0.322 e. The Balaban J connectivity index is 1.58. The molecule has 1 unspecified atom stereocenters. The fourth-order valence-corrected chi connectivity index (χ4v) is 4.01. The van der Waals surface area contributed by atoms with E-state index < -0.39 is 6.04 Å². The van der Waals surface area contributed by atoms with Crippen LogP contribution in [0.25, 0.3) is 17.0 Å². The number of nitrogens with zero attached hydrogens (tertiary/aromatic N) is 3. The Bertz CT molecular complexity index is 1320. The van der Waals surface area contributed by atoms with Gasteiger partial charge in [0, 0.05) is 11.3 Å². The summed E-state index contributed by atoms with van der Waals surface area (Å²) < 4.78 is 16.4. The average Bonchev–Trinajstić information content (AvgIpc) is 3.54. The number of rotatable bonds is 6. The topological polar surface area (TPSA) is 93.6 Å². The van der Waals surface area contributed by atoms with Crippen molar-refractivity contribution in [3.8, 4) is 17.1 Å². The number of hydrogen-bond acceptors (Lipinski definition) is 6. The highest BCUT2D eigenvalue weighted by Crippen LogP contribution is 2.38. The van der Waals surface area contributed by atoms with E-state index >= 15 is 0 Å². The first-order valence-corrected chi connectivity index (χ1v) is 10.9. The normalized spacial score (nSPS) is 16.0. The SMILES string of the molecule is COc1ccc(-c2noc(C3=C(C)N(Cc4ccco4)C(=O)NC3c3ccc(C)cc3)n2)cc1. The van der Waals surface area contributed by atoms with E-state index in [4.69, 9.17) is 13.7 Å². The summed E-state index contributed by atoms with van der Waals surface area (Å²) in [5.41, 5.74) is 4.31. The van der Waals surface area contributed by atoms with Gasteiger partial charge in [-0.15, -0.1) is 0 Å². The molecule has 1 aliphatic heterocycles. The van der Waals surface area contributed by atoms with Crippen LogP contribution < -0.4 is 10.1 Å². The van der Waals surface area contributed by atoms with Gasteiger partial charge in [-0.1, -0.05) is 35.0 Å². The van der Waals surface area contributed by atoms with Crippen molar-refractivity contribution in [3.05, 3.63) is 95.4 Å². The Morgan fingerprint density at radius 3 is 2.50 bits per heavy atom. The Hall–Kier alpha value is -4.33. The summed E-state index contributed by atoms with van der Waals surface area (Å²) in [6, 6.07) is 18.4. The summed E-state index contributed by atoms with van der Waals surface area (Å²) in [4.78, 5) is 19.4. The van der Waals surface area contributed by atoms with Gasteiger partial charge < -0.3 is 19.0 Å². The van der Waals surface area contributed by atoms with Crippen molar-refractivity contribution in [2.45, 2.75) is 26.4 Å². The molecule has 8 nitrogen and oxygen atoms in total. The van der Waals surface area contributed by atoms with Gasteiger partial charge >= 0.3 is 6.03 Å². The third-order valence-electron chi connectivity index (χ3n) is 5.91. The van der Waals surface area contributed by atoms with Gasteiger partial charge in [0.2, 0.25) is 5.82 Å². The number of carbonyl (C=O) groups excluding carboxylic acids is 1. The number of aromatic nitrogens is 2. The maximum atomic E-state index is 13.1. The summed E-state index contributed by atoms with van der Waals surface area (Å²) in [6.45, 7) is 4.19. The molecule has 0 saturated carbocycles. The number of ether oxygens (including phenoxy) is 1. The van der Waals surface area contributed by atoms with Gasteiger partial charge in [-0.3, -0.25) is 4.90 Å². The second-order valence-electron chi connectivity index (χ2n) is 8.11. The second-order valence-corrected chi connectivity index (χ2v) is 8.11. The maximum absolute atomic E-state index is 13.1. The molecule has 1 N–H and O–H groups in total. The van der Waals surface area contributed by atoms with Crippen molar-refractivity contribution >= 4 is 11.6 Å². The van der Waals surface area contributed by atoms with Crippen LogP contribution in [0.15, 0.2) is 81.6 Å². The van der Waals surface area contributed by atoms with Crippen LogP contribution in [-0.4, -0.2) is 28.2 Å². The van der Waals surface area contributed by atoms with Gasteiger partial charge in [0.1, 0.15) is 11.5 Å². The zero-order chi connectivity index (χ0) is 23.7. The van der Waals surface area contributed by atoms with E-state index in [1.165, 1.54) is 0 Å². The highest BCUT2D eigenvalue weighted by Gasteiger charge is 2.36. The van der Waals surface area contributed by atoms with Crippen LogP contribution in [0.2, 0.25) is 0 Å². The Labute approximate surface area is 196 Å². The summed E-state index contributed by atoms with van der Waals surface area (Å²) >= 11 is 0. The molecule has 4 aromatic rings. The number of urea groups is 1. The van der Waals surface area contributed by atoms with Gasteiger partial charge in [0.05, 0.1) is 31.5 Å². The number of carbonyl (C=O) groups is 1. The zero-order valence-electron chi connectivity index (χ0n) is 19.1. The van der Waals surface area contributed by atoms with E-state index in [2.05, 4.69) is 15.5 Å². The Kier molecular flexibility index (Phi) is 5.63. The van der Waals surface area contributed by atoms with Crippen LogP contribution in [-0.2, 0) is 6.54 Å². The van der Waals surface area contributed by atoms with Crippen molar-refractivity contribution in [2.24, 2.45) is 0 Å². The number of benzene rings is 2. The standard InChI is InChI=1S/C26H24N4O4/c1-16-6-8-18(9-7-16)23-22(17(2)30(26(31)27-23)15-21-5-4-14-33-21)25-28-24(29-34-25)19-10-12-20(32-3)13-11-19/h4-14,23H,15H2,1-3H3,(H,27,31).